The van der Waals surface area contributed by atoms with Crippen LogP contribution in [0.4, 0.5) is 5.82 Å². The minimum atomic E-state index is 0.597. The van der Waals surface area contributed by atoms with Crippen molar-refractivity contribution in [2.45, 2.75) is 32.9 Å². The molecule has 4 nitrogen and oxygen atoms in total. The lowest BCUT2D eigenvalue weighted by atomic mass is 10.1. The monoisotopic (exact) mass is 248 g/mol. The third-order valence-corrected chi connectivity index (χ3v) is 3.62. The van der Waals surface area contributed by atoms with Gasteiger partial charge >= 0.3 is 0 Å². The molecule has 1 saturated heterocycles. The minimum absolute atomic E-state index is 0.597. The Hall–Kier alpha value is -1.13. The van der Waals surface area contributed by atoms with Crippen molar-refractivity contribution in [1.82, 2.24) is 14.8 Å². The van der Waals surface area contributed by atoms with Crippen molar-refractivity contribution in [3.05, 3.63) is 23.9 Å². The molecule has 2 N–H and O–H groups in total. The molecule has 2 rings (SSSR count). The van der Waals surface area contributed by atoms with Gasteiger partial charge in [0.2, 0.25) is 0 Å². The van der Waals surface area contributed by atoms with Crippen LogP contribution in [0.25, 0.3) is 0 Å². The predicted octanol–water partition coefficient (Wildman–Crippen LogP) is 1.58. The molecule has 1 atom stereocenters. The van der Waals surface area contributed by atoms with E-state index in [-0.39, 0.29) is 0 Å². The van der Waals surface area contributed by atoms with Gasteiger partial charge in [-0.2, -0.15) is 0 Å². The SMILES string of the molecule is CCCN1CCN(Cc2ccc(N)nc2)[C@H](C)C1. The number of hydrogen-bond acceptors (Lipinski definition) is 4. The van der Waals surface area contributed by atoms with Crippen LogP contribution in [-0.4, -0.2) is 47.0 Å². The van der Waals surface area contributed by atoms with Crippen LogP contribution >= 0.6 is 0 Å². The molecule has 0 aromatic carbocycles. The van der Waals surface area contributed by atoms with E-state index >= 15 is 0 Å². The first-order valence-electron chi connectivity index (χ1n) is 6.86. The average molecular weight is 248 g/mol. The molecule has 4 heteroatoms. The quantitative estimate of drug-likeness (QED) is 0.878. The number of nitrogen functional groups attached to an aromatic ring is 1. The summed E-state index contributed by atoms with van der Waals surface area (Å²) in [5, 5.41) is 0. The Morgan fingerprint density at radius 2 is 2.22 bits per heavy atom. The van der Waals surface area contributed by atoms with E-state index in [1.807, 2.05) is 12.3 Å². The predicted molar refractivity (Wildman–Crippen MR) is 75.3 cm³/mol. The van der Waals surface area contributed by atoms with Crippen LogP contribution in [0.3, 0.4) is 0 Å². The molecule has 0 saturated carbocycles. The summed E-state index contributed by atoms with van der Waals surface area (Å²) in [6.07, 6.45) is 3.13. The maximum Gasteiger partial charge on any atom is 0.123 e. The summed E-state index contributed by atoms with van der Waals surface area (Å²) in [6, 6.07) is 4.57. The minimum Gasteiger partial charge on any atom is -0.384 e. The topological polar surface area (TPSA) is 45.4 Å². The highest BCUT2D eigenvalue weighted by Crippen LogP contribution is 2.14. The first-order valence-corrected chi connectivity index (χ1v) is 6.86. The van der Waals surface area contributed by atoms with E-state index in [2.05, 4.69) is 34.7 Å². The molecule has 0 aliphatic carbocycles. The van der Waals surface area contributed by atoms with Crippen molar-refractivity contribution < 1.29 is 0 Å². The molecular weight excluding hydrogens is 224 g/mol. The maximum absolute atomic E-state index is 5.61. The summed E-state index contributed by atoms with van der Waals surface area (Å²) in [5.74, 6) is 0.597. The number of piperazine rings is 1. The summed E-state index contributed by atoms with van der Waals surface area (Å²) in [4.78, 5) is 9.24. The molecule has 0 bridgehead atoms. The number of aromatic nitrogens is 1. The third kappa shape index (κ3) is 3.43. The van der Waals surface area contributed by atoms with E-state index < -0.39 is 0 Å². The fourth-order valence-electron chi connectivity index (χ4n) is 2.59. The van der Waals surface area contributed by atoms with Crippen molar-refractivity contribution in [2.75, 3.05) is 31.9 Å². The normalized spacial score (nSPS) is 22.2. The summed E-state index contributed by atoms with van der Waals surface area (Å²) < 4.78 is 0. The molecule has 0 amide bonds. The molecule has 18 heavy (non-hydrogen) atoms. The summed E-state index contributed by atoms with van der Waals surface area (Å²) >= 11 is 0. The third-order valence-electron chi connectivity index (χ3n) is 3.62. The highest BCUT2D eigenvalue weighted by atomic mass is 15.3. The summed E-state index contributed by atoms with van der Waals surface area (Å²) in [5.41, 5.74) is 6.86. The van der Waals surface area contributed by atoms with Crippen molar-refractivity contribution in [2.24, 2.45) is 0 Å². The number of pyridine rings is 1. The van der Waals surface area contributed by atoms with Crippen LogP contribution < -0.4 is 5.73 Å². The Morgan fingerprint density at radius 3 is 2.83 bits per heavy atom. The molecule has 1 aliphatic heterocycles. The van der Waals surface area contributed by atoms with Crippen molar-refractivity contribution >= 4 is 5.82 Å². The number of anilines is 1. The van der Waals surface area contributed by atoms with E-state index in [1.54, 1.807) is 0 Å². The van der Waals surface area contributed by atoms with Crippen LogP contribution in [0.2, 0.25) is 0 Å². The van der Waals surface area contributed by atoms with Gasteiger partial charge in [0.1, 0.15) is 5.82 Å². The highest BCUT2D eigenvalue weighted by Gasteiger charge is 2.22. The van der Waals surface area contributed by atoms with Gasteiger partial charge in [0.15, 0.2) is 0 Å². The lowest BCUT2D eigenvalue weighted by Gasteiger charge is -2.39. The van der Waals surface area contributed by atoms with Crippen molar-refractivity contribution in [3.63, 3.8) is 0 Å². The van der Waals surface area contributed by atoms with Gasteiger partial charge < -0.3 is 10.6 Å². The molecular formula is C14H24N4. The zero-order valence-electron chi connectivity index (χ0n) is 11.5. The fourth-order valence-corrected chi connectivity index (χ4v) is 2.59. The van der Waals surface area contributed by atoms with Gasteiger partial charge in [0, 0.05) is 38.4 Å². The average Bonchev–Trinajstić information content (AvgIpc) is 2.36. The zero-order valence-corrected chi connectivity index (χ0v) is 11.5. The Kier molecular flexibility index (Phi) is 4.55. The largest absolute Gasteiger partial charge is 0.384 e. The van der Waals surface area contributed by atoms with Gasteiger partial charge in [-0.25, -0.2) is 4.98 Å². The lowest BCUT2D eigenvalue weighted by molar-refractivity contribution is 0.0778. The van der Waals surface area contributed by atoms with Gasteiger partial charge in [-0.15, -0.1) is 0 Å². The smallest absolute Gasteiger partial charge is 0.123 e. The Morgan fingerprint density at radius 1 is 1.39 bits per heavy atom. The first-order chi connectivity index (χ1) is 8.69. The second-order valence-electron chi connectivity index (χ2n) is 5.21. The number of hydrogen-bond donors (Lipinski definition) is 1. The van der Waals surface area contributed by atoms with E-state index in [4.69, 9.17) is 5.73 Å². The number of nitrogens with two attached hydrogens (primary N) is 1. The Bertz CT molecular complexity index is 363. The standard InChI is InChI=1S/C14H24N4/c1-3-6-17-7-8-18(12(2)10-17)11-13-4-5-14(15)16-9-13/h4-5,9,12H,3,6-8,10-11H2,1-2H3,(H2,15,16)/t12-/m1/s1. The van der Waals surface area contributed by atoms with E-state index in [0.29, 0.717) is 11.9 Å². The van der Waals surface area contributed by atoms with E-state index in [1.165, 1.54) is 31.6 Å². The maximum atomic E-state index is 5.61. The van der Waals surface area contributed by atoms with Crippen molar-refractivity contribution in [1.29, 1.82) is 0 Å². The van der Waals surface area contributed by atoms with Gasteiger partial charge in [0.25, 0.3) is 0 Å². The molecule has 2 heterocycles. The fraction of sp³-hybridized carbons (Fsp3) is 0.643. The van der Waals surface area contributed by atoms with Crippen LogP contribution in [-0.2, 0) is 6.54 Å². The molecule has 1 aliphatic rings. The molecule has 0 spiro atoms. The molecule has 1 fully saturated rings. The molecule has 100 valence electrons. The Balaban J connectivity index is 1.89. The Labute approximate surface area is 110 Å². The number of nitrogens with zero attached hydrogens (tertiary/aromatic N) is 3. The van der Waals surface area contributed by atoms with Gasteiger partial charge in [-0.1, -0.05) is 13.0 Å². The van der Waals surface area contributed by atoms with Gasteiger partial charge in [-0.05, 0) is 31.5 Å². The molecule has 0 unspecified atom stereocenters. The van der Waals surface area contributed by atoms with Crippen LogP contribution in [0.15, 0.2) is 18.3 Å². The molecule has 1 aromatic rings. The zero-order chi connectivity index (χ0) is 13.0. The molecule has 0 radical (unpaired) electrons. The summed E-state index contributed by atoms with van der Waals surface area (Å²) in [7, 11) is 0. The first kappa shape index (κ1) is 13.3. The highest BCUT2D eigenvalue weighted by molar-refractivity contribution is 5.29. The van der Waals surface area contributed by atoms with Crippen LogP contribution in [0, 0.1) is 0 Å². The number of rotatable bonds is 4. The lowest BCUT2D eigenvalue weighted by Crippen LogP contribution is -2.51. The molecule has 1 aromatic heterocycles. The summed E-state index contributed by atoms with van der Waals surface area (Å²) in [6.45, 7) is 10.3. The van der Waals surface area contributed by atoms with Gasteiger partial charge in [0.05, 0.1) is 0 Å². The van der Waals surface area contributed by atoms with Gasteiger partial charge in [-0.3, -0.25) is 4.90 Å². The van der Waals surface area contributed by atoms with Crippen LogP contribution in [0.1, 0.15) is 25.8 Å². The van der Waals surface area contributed by atoms with Crippen molar-refractivity contribution in [3.8, 4) is 0 Å². The van der Waals surface area contributed by atoms with E-state index in [9.17, 15) is 0 Å². The second kappa shape index (κ2) is 6.16. The second-order valence-corrected chi connectivity index (χ2v) is 5.21. The van der Waals surface area contributed by atoms with Crippen LogP contribution in [0.5, 0.6) is 0 Å². The van der Waals surface area contributed by atoms with E-state index in [0.717, 1.165) is 13.1 Å².